The summed E-state index contributed by atoms with van der Waals surface area (Å²) in [4.78, 5) is 0. The SMILES string of the molecule is C=C(/C=C(\C=C(/N)C(F)(F)F)C(F)(F)F)C(C)OCC1(c2ccccc2)CCNCC1. The Kier molecular flexibility index (Phi) is 7.99. The van der Waals surface area contributed by atoms with E-state index in [0.29, 0.717) is 6.08 Å². The number of hydrogen-bond donors (Lipinski definition) is 2. The molecule has 0 bridgehead atoms. The standard InChI is InChI=1S/C22H26F6N2O/c1-15(12-18(21(23,24)25)13-19(29)22(26,27)28)16(2)31-14-20(8-10-30-11-9-20)17-6-4-3-5-7-17/h3-7,12-13,16,30H,1,8-11,14,29H2,2H3/b18-12+,19-13-. The van der Waals surface area contributed by atoms with Gasteiger partial charge in [0.25, 0.3) is 0 Å². The van der Waals surface area contributed by atoms with Gasteiger partial charge in [0.1, 0.15) is 5.70 Å². The molecular formula is C22H26F6N2O. The van der Waals surface area contributed by atoms with E-state index in [-0.39, 0.29) is 23.7 Å². The van der Waals surface area contributed by atoms with Crippen LogP contribution in [0.4, 0.5) is 26.3 Å². The molecule has 1 aromatic rings. The molecule has 1 aliphatic rings. The predicted molar refractivity (Wildman–Crippen MR) is 107 cm³/mol. The van der Waals surface area contributed by atoms with Gasteiger partial charge >= 0.3 is 12.4 Å². The first kappa shape index (κ1) is 25.0. The van der Waals surface area contributed by atoms with Crippen LogP contribution in [0.25, 0.3) is 0 Å². The molecule has 31 heavy (non-hydrogen) atoms. The van der Waals surface area contributed by atoms with E-state index in [0.717, 1.165) is 31.5 Å². The highest BCUT2D eigenvalue weighted by molar-refractivity contribution is 5.36. The molecule has 0 saturated carbocycles. The molecule has 1 unspecified atom stereocenters. The summed E-state index contributed by atoms with van der Waals surface area (Å²) in [6.45, 7) is 6.88. The van der Waals surface area contributed by atoms with E-state index in [1.54, 1.807) is 0 Å². The molecule has 172 valence electrons. The minimum absolute atomic E-state index is 0.101. The lowest BCUT2D eigenvalue weighted by Crippen LogP contribution is -2.43. The monoisotopic (exact) mass is 448 g/mol. The number of halogens is 6. The van der Waals surface area contributed by atoms with Gasteiger partial charge < -0.3 is 15.8 Å². The third-order valence-electron chi connectivity index (χ3n) is 5.39. The zero-order chi connectivity index (χ0) is 23.3. The number of nitrogens with one attached hydrogen (secondary N) is 1. The lowest BCUT2D eigenvalue weighted by atomic mass is 9.74. The number of rotatable bonds is 7. The summed E-state index contributed by atoms with van der Waals surface area (Å²) in [7, 11) is 0. The first-order valence-electron chi connectivity index (χ1n) is 9.75. The van der Waals surface area contributed by atoms with E-state index in [4.69, 9.17) is 10.5 Å². The number of ether oxygens (including phenoxy) is 1. The summed E-state index contributed by atoms with van der Waals surface area (Å²) in [6.07, 6.45) is -8.95. The molecular weight excluding hydrogens is 422 g/mol. The lowest BCUT2D eigenvalue weighted by Gasteiger charge is -2.38. The molecule has 2 rings (SSSR count). The van der Waals surface area contributed by atoms with Gasteiger partial charge in [0.15, 0.2) is 0 Å². The molecule has 0 aliphatic carbocycles. The lowest BCUT2D eigenvalue weighted by molar-refractivity contribution is -0.0963. The fourth-order valence-corrected chi connectivity index (χ4v) is 3.38. The van der Waals surface area contributed by atoms with Gasteiger partial charge in [-0.05, 0) is 56.1 Å². The maximum Gasteiger partial charge on any atom is 0.430 e. The van der Waals surface area contributed by atoms with Crippen LogP contribution in [0.15, 0.2) is 65.9 Å². The molecule has 3 N–H and O–H groups in total. The highest BCUT2D eigenvalue weighted by Crippen LogP contribution is 2.35. The molecule has 1 atom stereocenters. The van der Waals surface area contributed by atoms with Gasteiger partial charge in [-0.25, -0.2) is 0 Å². The normalized spacial score (nSPS) is 19.2. The summed E-state index contributed by atoms with van der Waals surface area (Å²) in [6, 6.07) is 9.70. The molecule has 0 amide bonds. The summed E-state index contributed by atoms with van der Waals surface area (Å²) in [5, 5.41) is 3.27. The van der Waals surface area contributed by atoms with E-state index in [2.05, 4.69) is 11.9 Å². The largest absolute Gasteiger partial charge is 0.430 e. The van der Waals surface area contributed by atoms with Gasteiger partial charge in [0.2, 0.25) is 0 Å². The van der Waals surface area contributed by atoms with Crippen LogP contribution in [0, 0.1) is 0 Å². The molecule has 0 spiro atoms. The second-order valence-electron chi connectivity index (χ2n) is 7.62. The smallest absolute Gasteiger partial charge is 0.395 e. The van der Waals surface area contributed by atoms with Crippen molar-refractivity contribution in [3.05, 3.63) is 71.5 Å². The highest BCUT2D eigenvalue weighted by atomic mass is 19.4. The Labute approximate surface area is 177 Å². The van der Waals surface area contributed by atoms with Crippen LogP contribution < -0.4 is 11.1 Å². The Morgan fingerprint density at radius 3 is 2.19 bits per heavy atom. The van der Waals surface area contributed by atoms with Crippen molar-refractivity contribution in [1.82, 2.24) is 5.32 Å². The Morgan fingerprint density at radius 2 is 1.68 bits per heavy atom. The molecule has 0 aromatic heterocycles. The van der Waals surface area contributed by atoms with Crippen molar-refractivity contribution in [3.8, 4) is 0 Å². The van der Waals surface area contributed by atoms with Crippen molar-refractivity contribution in [3.63, 3.8) is 0 Å². The topological polar surface area (TPSA) is 47.3 Å². The van der Waals surface area contributed by atoms with Crippen molar-refractivity contribution >= 4 is 0 Å². The summed E-state index contributed by atoms with van der Waals surface area (Å²) in [5.41, 5.74) is 2.05. The van der Waals surface area contributed by atoms with Gasteiger partial charge in [-0.3, -0.25) is 0 Å². The first-order chi connectivity index (χ1) is 14.3. The van der Waals surface area contributed by atoms with Crippen LogP contribution in [-0.4, -0.2) is 38.2 Å². The second-order valence-corrected chi connectivity index (χ2v) is 7.62. The van der Waals surface area contributed by atoms with E-state index in [1.165, 1.54) is 6.92 Å². The van der Waals surface area contributed by atoms with Gasteiger partial charge in [0, 0.05) is 5.41 Å². The van der Waals surface area contributed by atoms with Gasteiger partial charge in [-0.2, -0.15) is 26.3 Å². The molecule has 1 aliphatic heterocycles. The molecule has 1 fully saturated rings. The van der Waals surface area contributed by atoms with Crippen LogP contribution in [-0.2, 0) is 10.2 Å². The van der Waals surface area contributed by atoms with Crippen molar-refractivity contribution in [2.24, 2.45) is 5.73 Å². The quantitative estimate of drug-likeness (QED) is 0.447. The van der Waals surface area contributed by atoms with E-state index in [9.17, 15) is 26.3 Å². The Balaban J connectivity index is 2.19. The minimum Gasteiger partial charge on any atom is -0.395 e. The molecule has 3 nitrogen and oxygen atoms in total. The van der Waals surface area contributed by atoms with E-state index >= 15 is 0 Å². The number of piperidine rings is 1. The third-order valence-corrected chi connectivity index (χ3v) is 5.39. The highest BCUT2D eigenvalue weighted by Gasteiger charge is 2.38. The molecule has 0 radical (unpaired) electrons. The maximum absolute atomic E-state index is 13.2. The maximum atomic E-state index is 13.2. The van der Waals surface area contributed by atoms with Crippen LogP contribution in [0.5, 0.6) is 0 Å². The van der Waals surface area contributed by atoms with Crippen LogP contribution in [0.3, 0.4) is 0 Å². The fourth-order valence-electron chi connectivity index (χ4n) is 3.38. The number of hydrogen-bond acceptors (Lipinski definition) is 3. The number of benzene rings is 1. The third kappa shape index (κ3) is 6.87. The van der Waals surface area contributed by atoms with Crippen molar-refractivity contribution < 1.29 is 31.1 Å². The number of nitrogens with two attached hydrogens (primary N) is 1. The van der Waals surface area contributed by atoms with Gasteiger partial charge in [-0.15, -0.1) is 0 Å². The summed E-state index contributed by atoms with van der Waals surface area (Å²) < 4.78 is 83.3. The zero-order valence-corrected chi connectivity index (χ0v) is 17.1. The van der Waals surface area contributed by atoms with Crippen LogP contribution in [0.1, 0.15) is 25.3 Å². The Morgan fingerprint density at radius 1 is 1.10 bits per heavy atom. The van der Waals surface area contributed by atoms with Crippen molar-refractivity contribution in [2.45, 2.75) is 43.6 Å². The second kappa shape index (κ2) is 9.91. The van der Waals surface area contributed by atoms with Crippen molar-refractivity contribution in [2.75, 3.05) is 19.7 Å². The average molecular weight is 448 g/mol. The van der Waals surface area contributed by atoms with Crippen molar-refractivity contribution in [1.29, 1.82) is 0 Å². The summed E-state index contributed by atoms with van der Waals surface area (Å²) >= 11 is 0. The molecule has 1 aromatic carbocycles. The van der Waals surface area contributed by atoms with Crippen LogP contribution in [0.2, 0.25) is 0 Å². The molecule has 9 heteroatoms. The Bertz CT molecular complexity index is 806. The zero-order valence-electron chi connectivity index (χ0n) is 17.1. The predicted octanol–water partition coefficient (Wildman–Crippen LogP) is 5.16. The van der Waals surface area contributed by atoms with Crippen LogP contribution >= 0.6 is 0 Å². The van der Waals surface area contributed by atoms with E-state index < -0.39 is 29.7 Å². The van der Waals surface area contributed by atoms with E-state index in [1.807, 2.05) is 30.3 Å². The Hall–Kier alpha value is -2.26. The number of allylic oxidation sites excluding steroid dienone is 3. The average Bonchev–Trinajstić information content (AvgIpc) is 2.71. The molecule has 1 saturated heterocycles. The molecule has 1 heterocycles. The fraction of sp³-hybridized carbons (Fsp3) is 0.455. The summed E-state index contributed by atoms with van der Waals surface area (Å²) in [5.74, 6) is 0. The first-order valence-corrected chi connectivity index (χ1v) is 9.75. The van der Waals surface area contributed by atoms with Gasteiger partial charge in [0.05, 0.1) is 18.3 Å². The number of alkyl halides is 6. The minimum atomic E-state index is -5.06. The van der Waals surface area contributed by atoms with Gasteiger partial charge in [-0.1, -0.05) is 36.9 Å².